The second-order valence-electron chi connectivity index (χ2n) is 11.0. The molecule has 0 aliphatic carbocycles. The fourth-order valence-electron chi connectivity index (χ4n) is 4.79. The van der Waals surface area contributed by atoms with Crippen molar-refractivity contribution in [1.29, 1.82) is 0 Å². The largest absolute Gasteiger partial charge is 0.524 e. The summed E-state index contributed by atoms with van der Waals surface area (Å²) in [5.41, 5.74) is 5.62. The normalized spacial score (nSPS) is 16.9. The molecule has 1 fully saturated rings. The maximum Gasteiger partial charge on any atom is 0.524 e. The number of nitrogens with zero attached hydrogens (tertiary/aromatic N) is 1. The Hall–Kier alpha value is -4.01. The van der Waals surface area contributed by atoms with E-state index in [0.717, 1.165) is 0 Å². The molecule has 2 rings (SSSR count). The molecule has 5 amide bonds. The van der Waals surface area contributed by atoms with E-state index in [1.54, 1.807) is 0 Å². The summed E-state index contributed by atoms with van der Waals surface area (Å²) in [6.45, 7) is 5.08. The van der Waals surface area contributed by atoms with Gasteiger partial charge in [-0.15, -0.1) is 0 Å². The Morgan fingerprint density at radius 1 is 1.02 bits per heavy atom. The van der Waals surface area contributed by atoms with Crippen LogP contribution in [0.15, 0.2) is 24.3 Å². The average Bonchev–Trinajstić information content (AvgIpc) is 3.39. The van der Waals surface area contributed by atoms with E-state index in [2.05, 4.69) is 20.5 Å². The number of rotatable bonds is 16. The van der Waals surface area contributed by atoms with E-state index < -0.39 is 67.5 Å². The van der Waals surface area contributed by atoms with Gasteiger partial charge in [-0.3, -0.25) is 33.8 Å². The highest BCUT2D eigenvalue weighted by molar-refractivity contribution is 7.46. The van der Waals surface area contributed by atoms with Crippen LogP contribution in [0.1, 0.15) is 58.4 Å². The molecule has 0 aromatic heterocycles. The molecule has 44 heavy (non-hydrogen) atoms. The van der Waals surface area contributed by atoms with Crippen LogP contribution in [0.5, 0.6) is 5.75 Å². The van der Waals surface area contributed by atoms with Gasteiger partial charge >= 0.3 is 13.8 Å². The number of carboxylic acids is 1. The van der Waals surface area contributed by atoms with Crippen LogP contribution in [0.3, 0.4) is 0 Å². The second kappa shape index (κ2) is 16.2. The van der Waals surface area contributed by atoms with Crippen LogP contribution in [-0.2, 0) is 39.8 Å². The van der Waals surface area contributed by atoms with Gasteiger partial charge < -0.3 is 36.2 Å². The van der Waals surface area contributed by atoms with Gasteiger partial charge in [0.1, 0.15) is 29.9 Å². The maximum atomic E-state index is 13.7. The smallest absolute Gasteiger partial charge is 0.480 e. The van der Waals surface area contributed by atoms with Crippen molar-refractivity contribution in [2.24, 2.45) is 11.7 Å². The summed E-state index contributed by atoms with van der Waals surface area (Å²) < 4.78 is 15.6. The van der Waals surface area contributed by atoms with Crippen molar-refractivity contribution < 1.29 is 52.7 Å². The lowest BCUT2D eigenvalue weighted by molar-refractivity contribution is -0.145. The summed E-state index contributed by atoms with van der Waals surface area (Å²) in [6.07, 6.45) is 0.425. The maximum absolute atomic E-state index is 13.7. The van der Waals surface area contributed by atoms with Crippen molar-refractivity contribution in [3.63, 3.8) is 0 Å². The fraction of sp³-hybridized carbons (Fsp3) is 0.556. The molecule has 1 aromatic carbocycles. The summed E-state index contributed by atoms with van der Waals surface area (Å²) in [7, 11) is -4.77. The van der Waals surface area contributed by atoms with Crippen LogP contribution in [0.25, 0.3) is 0 Å². The summed E-state index contributed by atoms with van der Waals surface area (Å²) >= 11 is 0. The molecule has 0 unspecified atom stereocenters. The highest BCUT2D eigenvalue weighted by Gasteiger charge is 2.39. The number of primary amides is 1. The van der Waals surface area contributed by atoms with Gasteiger partial charge in [-0.25, -0.2) is 9.36 Å². The second-order valence-corrected chi connectivity index (χ2v) is 12.1. The van der Waals surface area contributed by atoms with Gasteiger partial charge in [0.2, 0.25) is 29.5 Å². The third-order valence-corrected chi connectivity index (χ3v) is 7.18. The van der Waals surface area contributed by atoms with Crippen LogP contribution in [0.4, 0.5) is 0 Å². The number of phosphoric ester groups is 1. The quantitative estimate of drug-likeness (QED) is 0.114. The molecule has 17 heteroatoms. The Bertz CT molecular complexity index is 1270. The van der Waals surface area contributed by atoms with Gasteiger partial charge in [0.15, 0.2) is 0 Å². The van der Waals surface area contributed by atoms with Gasteiger partial charge in [0.25, 0.3) is 0 Å². The summed E-state index contributed by atoms with van der Waals surface area (Å²) in [5, 5.41) is 17.1. The van der Waals surface area contributed by atoms with Crippen molar-refractivity contribution in [2.75, 3.05) is 6.54 Å². The van der Waals surface area contributed by atoms with E-state index in [1.165, 1.54) is 36.1 Å². The topological polar surface area (TPSA) is 255 Å². The van der Waals surface area contributed by atoms with Crippen LogP contribution in [0, 0.1) is 5.92 Å². The van der Waals surface area contributed by atoms with Crippen molar-refractivity contribution in [2.45, 2.75) is 83.5 Å². The number of amides is 5. The number of likely N-dealkylation sites (tertiary alicyclic amines) is 1. The van der Waals surface area contributed by atoms with Crippen molar-refractivity contribution in [3.8, 4) is 5.75 Å². The third kappa shape index (κ3) is 11.9. The molecule has 4 atom stereocenters. The molecule has 244 valence electrons. The van der Waals surface area contributed by atoms with E-state index >= 15 is 0 Å². The lowest BCUT2D eigenvalue weighted by atomic mass is 10.00. The minimum Gasteiger partial charge on any atom is -0.480 e. The molecule has 8 N–H and O–H groups in total. The molecule has 1 saturated heterocycles. The number of hydrogen-bond acceptors (Lipinski definition) is 8. The lowest BCUT2D eigenvalue weighted by Crippen LogP contribution is -2.58. The van der Waals surface area contributed by atoms with E-state index in [9.17, 15) is 38.4 Å². The molecule has 1 aliphatic heterocycles. The first-order chi connectivity index (χ1) is 20.5. The van der Waals surface area contributed by atoms with Gasteiger partial charge in [-0.05, 0) is 49.3 Å². The van der Waals surface area contributed by atoms with Crippen molar-refractivity contribution in [1.82, 2.24) is 20.9 Å². The molecule has 0 bridgehead atoms. The monoisotopic (exact) mass is 641 g/mol. The van der Waals surface area contributed by atoms with Crippen molar-refractivity contribution >= 4 is 43.3 Å². The zero-order chi connectivity index (χ0) is 33.2. The first-order valence-corrected chi connectivity index (χ1v) is 15.5. The third-order valence-electron chi connectivity index (χ3n) is 6.74. The molecule has 0 saturated carbocycles. The van der Waals surface area contributed by atoms with E-state index in [0.29, 0.717) is 12.0 Å². The highest BCUT2D eigenvalue weighted by Crippen LogP contribution is 2.37. The van der Waals surface area contributed by atoms with Gasteiger partial charge in [0, 0.05) is 26.3 Å². The highest BCUT2D eigenvalue weighted by atomic mass is 31.2. The first-order valence-electron chi connectivity index (χ1n) is 14.0. The number of benzene rings is 1. The molecular weight excluding hydrogens is 601 g/mol. The molecule has 0 radical (unpaired) electrons. The van der Waals surface area contributed by atoms with Crippen LogP contribution >= 0.6 is 7.82 Å². The SMILES string of the molecule is CC(=O)N[C@@H](Cc1ccc(OP(=O)(O)O)cc1)C(=O)N[C@@H](CC(C)C)C(=O)N1CCC[C@H]1C(=O)N[C@@H](CCC(N)=O)C(=O)O. The zero-order valence-corrected chi connectivity index (χ0v) is 25.6. The summed E-state index contributed by atoms with van der Waals surface area (Å²) in [6, 6.07) is 0.946. The number of carbonyl (C=O) groups excluding carboxylic acids is 5. The average molecular weight is 642 g/mol. The number of carbonyl (C=O) groups is 6. The molecular formula is C27H40N5O11P. The predicted molar refractivity (Wildman–Crippen MR) is 155 cm³/mol. The Morgan fingerprint density at radius 2 is 1.66 bits per heavy atom. The number of carboxylic acid groups (broad SMARTS) is 1. The Balaban J connectivity index is 2.20. The predicted octanol–water partition coefficient (Wildman–Crippen LogP) is -0.438. The number of nitrogens with two attached hydrogens (primary N) is 1. The van der Waals surface area contributed by atoms with Gasteiger partial charge in [-0.1, -0.05) is 26.0 Å². The molecule has 16 nitrogen and oxygen atoms in total. The van der Waals surface area contributed by atoms with E-state index in [4.69, 9.17) is 15.5 Å². The number of aliphatic carboxylic acids is 1. The van der Waals surface area contributed by atoms with Crippen LogP contribution in [-0.4, -0.2) is 86.0 Å². The first kappa shape index (κ1) is 36.2. The van der Waals surface area contributed by atoms with Crippen LogP contribution < -0.4 is 26.2 Å². The minimum atomic E-state index is -4.77. The fourth-order valence-corrected chi connectivity index (χ4v) is 5.19. The van der Waals surface area contributed by atoms with E-state index in [1.807, 2.05) is 13.8 Å². The Kier molecular flexibility index (Phi) is 13.3. The van der Waals surface area contributed by atoms with Crippen molar-refractivity contribution in [3.05, 3.63) is 29.8 Å². The zero-order valence-electron chi connectivity index (χ0n) is 24.7. The van der Waals surface area contributed by atoms with E-state index in [-0.39, 0.29) is 50.3 Å². The summed E-state index contributed by atoms with van der Waals surface area (Å²) in [5.74, 6) is -4.68. The molecule has 1 heterocycles. The molecule has 1 aromatic rings. The molecule has 0 spiro atoms. The molecule has 1 aliphatic rings. The lowest BCUT2D eigenvalue weighted by Gasteiger charge is -2.31. The van der Waals surface area contributed by atoms with Crippen LogP contribution in [0.2, 0.25) is 0 Å². The number of phosphoric acid groups is 1. The van der Waals surface area contributed by atoms with Gasteiger partial charge in [0.05, 0.1) is 0 Å². The number of nitrogens with one attached hydrogen (secondary N) is 3. The summed E-state index contributed by atoms with van der Waals surface area (Å²) in [4.78, 5) is 94.0. The standard InChI is InChI=1S/C27H40N5O11P/c1-15(2)13-21(26(37)32-12-4-5-22(32)25(36)30-19(27(38)39)10-11-23(28)34)31-24(35)20(29-16(3)33)14-17-6-8-18(9-7-17)43-44(40,41)42/h6-9,15,19-22H,4-5,10-14H2,1-3H3,(H2,28,34)(H,29,33)(H,30,36)(H,31,35)(H,38,39)(H2,40,41,42)/t19-,20-,21-,22-/m0/s1. The van der Waals surface area contributed by atoms with Gasteiger partial charge in [-0.2, -0.15) is 0 Å². The minimum absolute atomic E-state index is 0.0270. The number of hydrogen-bond donors (Lipinski definition) is 7. The Labute approximate surface area is 254 Å². The Morgan fingerprint density at radius 3 is 2.18 bits per heavy atom.